The summed E-state index contributed by atoms with van der Waals surface area (Å²) in [6, 6.07) is 5.62. The summed E-state index contributed by atoms with van der Waals surface area (Å²) in [4.78, 5) is 21.5. The Labute approximate surface area is 125 Å². The van der Waals surface area contributed by atoms with Crippen molar-refractivity contribution in [2.75, 3.05) is 0 Å². The van der Waals surface area contributed by atoms with E-state index in [-0.39, 0.29) is 30.7 Å². The molecule has 7 heteroatoms. The number of hydrogen-bond acceptors (Lipinski definition) is 3. The fourth-order valence-corrected chi connectivity index (χ4v) is 2.21. The molecule has 0 heterocycles. The number of rotatable bonds is 7. The SMILES string of the molecule is N#CC(CCC(=O)O)(CCC(=O)O)c1ccc(F)c(Cl)c1. The normalized spacial score (nSPS) is 10.9. The van der Waals surface area contributed by atoms with E-state index in [0.29, 0.717) is 5.56 Å². The number of aliphatic carboxylic acids is 2. The first kappa shape index (κ1) is 16.9. The smallest absolute Gasteiger partial charge is 0.303 e. The van der Waals surface area contributed by atoms with Crippen molar-refractivity contribution in [2.24, 2.45) is 0 Å². The fraction of sp³-hybridized carbons (Fsp3) is 0.357. The summed E-state index contributed by atoms with van der Waals surface area (Å²) < 4.78 is 13.2. The summed E-state index contributed by atoms with van der Waals surface area (Å²) in [6.07, 6.45) is -0.757. The Morgan fingerprint density at radius 1 is 1.24 bits per heavy atom. The number of hydrogen-bond donors (Lipinski definition) is 2. The van der Waals surface area contributed by atoms with Crippen molar-refractivity contribution < 1.29 is 24.2 Å². The van der Waals surface area contributed by atoms with Gasteiger partial charge in [-0.25, -0.2) is 4.39 Å². The average Bonchev–Trinajstić information content (AvgIpc) is 2.42. The summed E-state index contributed by atoms with van der Waals surface area (Å²) >= 11 is 5.69. The molecule has 5 nitrogen and oxygen atoms in total. The second-order valence-electron chi connectivity index (χ2n) is 4.61. The molecule has 1 rings (SSSR count). The van der Waals surface area contributed by atoms with E-state index in [1.807, 2.05) is 6.07 Å². The Balaban J connectivity index is 3.19. The topological polar surface area (TPSA) is 98.4 Å². The van der Waals surface area contributed by atoms with E-state index in [1.165, 1.54) is 12.1 Å². The van der Waals surface area contributed by atoms with Crippen molar-refractivity contribution >= 4 is 23.5 Å². The van der Waals surface area contributed by atoms with E-state index in [1.54, 1.807) is 0 Å². The van der Waals surface area contributed by atoms with Gasteiger partial charge in [-0.15, -0.1) is 0 Å². The minimum absolute atomic E-state index is 0.0753. The molecule has 0 atom stereocenters. The fourth-order valence-electron chi connectivity index (χ4n) is 2.02. The maximum absolute atomic E-state index is 13.2. The van der Waals surface area contributed by atoms with Crippen LogP contribution in [0.1, 0.15) is 31.2 Å². The zero-order valence-electron chi connectivity index (χ0n) is 11.0. The van der Waals surface area contributed by atoms with Crippen LogP contribution in [0.5, 0.6) is 0 Å². The van der Waals surface area contributed by atoms with Crippen molar-refractivity contribution in [3.05, 3.63) is 34.6 Å². The first-order chi connectivity index (χ1) is 9.80. The molecule has 0 saturated heterocycles. The molecule has 0 amide bonds. The van der Waals surface area contributed by atoms with Crippen LogP contribution in [0.2, 0.25) is 5.02 Å². The maximum Gasteiger partial charge on any atom is 0.303 e. The van der Waals surface area contributed by atoms with E-state index in [9.17, 15) is 19.2 Å². The number of halogens is 2. The second-order valence-corrected chi connectivity index (χ2v) is 5.02. The average molecular weight is 314 g/mol. The maximum atomic E-state index is 13.2. The van der Waals surface area contributed by atoms with Gasteiger partial charge in [-0.05, 0) is 30.5 Å². The third-order valence-electron chi connectivity index (χ3n) is 3.22. The Bertz CT molecular complexity index is 579. The molecule has 0 saturated carbocycles. The molecule has 0 radical (unpaired) electrons. The monoisotopic (exact) mass is 313 g/mol. The predicted molar refractivity (Wildman–Crippen MR) is 72.4 cm³/mol. The predicted octanol–water partition coefficient (Wildman–Crippen LogP) is 2.97. The lowest BCUT2D eigenvalue weighted by Crippen LogP contribution is -2.26. The number of benzene rings is 1. The molecular weight excluding hydrogens is 301 g/mol. The molecule has 0 fully saturated rings. The van der Waals surface area contributed by atoms with Crippen LogP contribution in [-0.2, 0) is 15.0 Å². The summed E-state index contributed by atoms with van der Waals surface area (Å²) in [5.74, 6) is -2.86. The molecule has 0 aliphatic rings. The highest BCUT2D eigenvalue weighted by atomic mass is 35.5. The van der Waals surface area contributed by atoms with Gasteiger partial charge in [0.15, 0.2) is 0 Å². The quantitative estimate of drug-likeness (QED) is 0.806. The van der Waals surface area contributed by atoms with E-state index >= 15 is 0 Å². The number of carbonyl (C=O) groups is 2. The zero-order chi connectivity index (χ0) is 16.0. The van der Waals surface area contributed by atoms with Crippen molar-refractivity contribution in [1.29, 1.82) is 5.26 Å². The van der Waals surface area contributed by atoms with Gasteiger partial charge in [-0.3, -0.25) is 9.59 Å². The van der Waals surface area contributed by atoms with Gasteiger partial charge in [0, 0.05) is 12.8 Å². The lowest BCUT2D eigenvalue weighted by Gasteiger charge is -2.26. The standard InChI is InChI=1S/C14H13ClFNO4/c15-10-7-9(1-2-11(10)16)14(8-17,5-3-12(18)19)6-4-13(20)21/h1-2,7H,3-6H2,(H,18,19)(H,20,21). The second kappa shape index (κ2) is 7.04. The van der Waals surface area contributed by atoms with Gasteiger partial charge >= 0.3 is 11.9 Å². The van der Waals surface area contributed by atoms with Crippen LogP contribution in [0.3, 0.4) is 0 Å². The number of carboxylic acids is 2. The number of nitriles is 1. The van der Waals surface area contributed by atoms with Gasteiger partial charge < -0.3 is 10.2 Å². The Hall–Kier alpha value is -2.13. The van der Waals surface area contributed by atoms with Crippen molar-refractivity contribution in [1.82, 2.24) is 0 Å². The summed E-state index contributed by atoms with van der Waals surface area (Å²) in [6.45, 7) is 0. The van der Waals surface area contributed by atoms with Crippen LogP contribution in [0.15, 0.2) is 18.2 Å². The first-order valence-corrected chi connectivity index (χ1v) is 6.49. The summed E-state index contributed by atoms with van der Waals surface area (Å²) in [7, 11) is 0. The van der Waals surface area contributed by atoms with Crippen LogP contribution in [-0.4, -0.2) is 22.2 Å². The van der Waals surface area contributed by atoms with Gasteiger partial charge in [0.05, 0.1) is 16.5 Å². The molecule has 2 N–H and O–H groups in total. The highest BCUT2D eigenvalue weighted by Gasteiger charge is 2.34. The molecule has 1 aromatic rings. The molecule has 0 aromatic heterocycles. The molecule has 0 aliphatic heterocycles. The third-order valence-corrected chi connectivity index (χ3v) is 3.51. The van der Waals surface area contributed by atoms with Crippen molar-refractivity contribution in [3.8, 4) is 6.07 Å². The zero-order valence-corrected chi connectivity index (χ0v) is 11.7. The van der Waals surface area contributed by atoms with E-state index in [0.717, 1.165) is 6.07 Å². The van der Waals surface area contributed by atoms with E-state index < -0.39 is 23.2 Å². The molecule has 112 valence electrons. The van der Waals surface area contributed by atoms with Crippen molar-refractivity contribution in [3.63, 3.8) is 0 Å². The summed E-state index contributed by atoms with van der Waals surface area (Å²) in [5, 5.41) is 26.8. The third kappa shape index (κ3) is 4.43. The van der Waals surface area contributed by atoms with Crippen molar-refractivity contribution in [2.45, 2.75) is 31.1 Å². The number of carboxylic acid groups (broad SMARTS) is 2. The Kier molecular flexibility index (Phi) is 5.68. The van der Waals surface area contributed by atoms with Crippen LogP contribution in [0.4, 0.5) is 4.39 Å². The van der Waals surface area contributed by atoms with Crippen LogP contribution < -0.4 is 0 Å². The molecular formula is C14H13ClFNO4. The highest BCUT2D eigenvalue weighted by Crippen LogP contribution is 2.35. The van der Waals surface area contributed by atoms with Crippen LogP contribution in [0.25, 0.3) is 0 Å². The largest absolute Gasteiger partial charge is 0.481 e. The first-order valence-electron chi connectivity index (χ1n) is 6.11. The van der Waals surface area contributed by atoms with Gasteiger partial charge in [-0.2, -0.15) is 5.26 Å². The van der Waals surface area contributed by atoms with E-state index in [4.69, 9.17) is 21.8 Å². The highest BCUT2D eigenvalue weighted by molar-refractivity contribution is 6.30. The molecule has 0 aliphatic carbocycles. The lowest BCUT2D eigenvalue weighted by molar-refractivity contribution is -0.137. The minimum Gasteiger partial charge on any atom is -0.481 e. The molecule has 0 bridgehead atoms. The molecule has 1 aromatic carbocycles. The Morgan fingerprint density at radius 2 is 1.76 bits per heavy atom. The van der Waals surface area contributed by atoms with Gasteiger partial charge in [0.25, 0.3) is 0 Å². The Morgan fingerprint density at radius 3 is 2.14 bits per heavy atom. The molecule has 21 heavy (non-hydrogen) atoms. The minimum atomic E-state index is -1.33. The van der Waals surface area contributed by atoms with Gasteiger partial charge in [0.1, 0.15) is 5.82 Å². The van der Waals surface area contributed by atoms with Gasteiger partial charge in [0.2, 0.25) is 0 Å². The van der Waals surface area contributed by atoms with E-state index in [2.05, 4.69) is 0 Å². The van der Waals surface area contributed by atoms with Crippen LogP contribution in [0, 0.1) is 17.1 Å². The summed E-state index contributed by atoms with van der Waals surface area (Å²) in [5.41, 5.74) is -1.01. The molecule has 0 unspecified atom stereocenters. The molecule has 0 spiro atoms. The number of nitrogens with zero attached hydrogens (tertiary/aromatic N) is 1. The lowest BCUT2D eigenvalue weighted by atomic mass is 9.74. The van der Waals surface area contributed by atoms with Crippen LogP contribution >= 0.6 is 11.6 Å². The van der Waals surface area contributed by atoms with Gasteiger partial charge in [-0.1, -0.05) is 17.7 Å².